The number of hydrogen-bond donors (Lipinski definition) is 1. The Kier molecular flexibility index (Phi) is 5.20. The van der Waals surface area contributed by atoms with Crippen LogP contribution in [0.4, 0.5) is 17.6 Å². The van der Waals surface area contributed by atoms with Gasteiger partial charge in [0.05, 0.1) is 11.6 Å². The maximum Gasteiger partial charge on any atom is 0.387 e. The van der Waals surface area contributed by atoms with E-state index in [1.807, 2.05) is 0 Å². The first-order chi connectivity index (χ1) is 10.9. The molecule has 2 aromatic rings. The molecule has 2 aromatic carbocycles. The molecule has 0 aliphatic rings. The number of alkyl halides is 2. The molecule has 122 valence electrons. The Morgan fingerprint density at radius 2 is 1.74 bits per heavy atom. The van der Waals surface area contributed by atoms with Crippen molar-refractivity contribution in [2.24, 2.45) is 0 Å². The van der Waals surface area contributed by atoms with Gasteiger partial charge in [-0.15, -0.1) is 0 Å². The number of hydrogen-bond acceptors (Lipinski definition) is 2. The van der Waals surface area contributed by atoms with Gasteiger partial charge in [0.2, 0.25) is 0 Å². The second kappa shape index (κ2) is 7.13. The lowest BCUT2D eigenvalue weighted by atomic mass is 10.1. The van der Waals surface area contributed by atoms with Gasteiger partial charge >= 0.3 is 6.61 Å². The third-order valence-corrected chi connectivity index (χ3v) is 3.13. The standard InChI is InChI=1S/C16H13F4NO2/c1-9(10-2-5-12(6-3-10)23-16(19)20)21-15(22)13-8-11(17)4-7-14(13)18/h2-9,16H,1H3,(H,21,22). The lowest BCUT2D eigenvalue weighted by Gasteiger charge is -2.15. The number of carbonyl (C=O) groups is 1. The summed E-state index contributed by atoms with van der Waals surface area (Å²) in [6, 6.07) is 7.68. The molecule has 1 atom stereocenters. The molecule has 0 aliphatic heterocycles. The normalized spacial score (nSPS) is 12.1. The Morgan fingerprint density at radius 1 is 1.09 bits per heavy atom. The highest BCUT2D eigenvalue weighted by Gasteiger charge is 2.16. The summed E-state index contributed by atoms with van der Waals surface area (Å²) in [6.45, 7) is -1.30. The van der Waals surface area contributed by atoms with Crippen LogP contribution in [0.3, 0.4) is 0 Å². The zero-order chi connectivity index (χ0) is 17.0. The van der Waals surface area contributed by atoms with Crippen molar-refractivity contribution in [3.63, 3.8) is 0 Å². The minimum absolute atomic E-state index is 0.0153. The number of benzene rings is 2. The molecule has 0 heterocycles. The second-order valence-electron chi connectivity index (χ2n) is 4.77. The number of halogens is 4. The van der Waals surface area contributed by atoms with Crippen molar-refractivity contribution in [1.29, 1.82) is 0 Å². The Bertz CT molecular complexity index is 689. The number of ether oxygens (including phenoxy) is 1. The highest BCUT2D eigenvalue weighted by Crippen LogP contribution is 2.20. The van der Waals surface area contributed by atoms with E-state index in [1.165, 1.54) is 24.3 Å². The zero-order valence-electron chi connectivity index (χ0n) is 12.0. The van der Waals surface area contributed by atoms with Crippen LogP contribution in [0.2, 0.25) is 0 Å². The van der Waals surface area contributed by atoms with E-state index in [0.29, 0.717) is 5.56 Å². The van der Waals surface area contributed by atoms with Crippen molar-refractivity contribution in [3.8, 4) is 5.75 Å². The van der Waals surface area contributed by atoms with Gasteiger partial charge in [-0.25, -0.2) is 8.78 Å². The molecule has 2 rings (SSSR count). The van der Waals surface area contributed by atoms with Crippen molar-refractivity contribution < 1.29 is 27.1 Å². The molecule has 0 fully saturated rings. The molecular formula is C16H13F4NO2. The second-order valence-corrected chi connectivity index (χ2v) is 4.77. The van der Waals surface area contributed by atoms with Gasteiger partial charge in [0.25, 0.3) is 5.91 Å². The van der Waals surface area contributed by atoms with Gasteiger partial charge in [0.15, 0.2) is 0 Å². The first kappa shape index (κ1) is 16.8. The van der Waals surface area contributed by atoms with Crippen LogP contribution in [0.5, 0.6) is 5.75 Å². The van der Waals surface area contributed by atoms with E-state index in [0.717, 1.165) is 18.2 Å². The molecule has 0 aromatic heterocycles. The largest absolute Gasteiger partial charge is 0.435 e. The summed E-state index contributed by atoms with van der Waals surface area (Å²) in [6.07, 6.45) is 0. The summed E-state index contributed by atoms with van der Waals surface area (Å²) in [5.41, 5.74) is 0.186. The number of carbonyl (C=O) groups excluding carboxylic acids is 1. The fourth-order valence-corrected chi connectivity index (χ4v) is 1.97. The van der Waals surface area contributed by atoms with Gasteiger partial charge in [-0.1, -0.05) is 12.1 Å². The van der Waals surface area contributed by atoms with Crippen LogP contribution in [0.25, 0.3) is 0 Å². The molecule has 0 bridgehead atoms. The highest BCUT2D eigenvalue weighted by molar-refractivity contribution is 5.94. The number of rotatable bonds is 5. The molecule has 23 heavy (non-hydrogen) atoms. The molecule has 0 radical (unpaired) electrons. The van der Waals surface area contributed by atoms with E-state index in [4.69, 9.17) is 0 Å². The third-order valence-electron chi connectivity index (χ3n) is 3.13. The van der Waals surface area contributed by atoms with E-state index >= 15 is 0 Å². The summed E-state index contributed by atoms with van der Waals surface area (Å²) in [4.78, 5) is 12.0. The molecule has 1 N–H and O–H groups in total. The van der Waals surface area contributed by atoms with E-state index in [1.54, 1.807) is 6.92 Å². The summed E-state index contributed by atoms with van der Waals surface area (Å²) in [5, 5.41) is 2.51. The average Bonchev–Trinajstić information content (AvgIpc) is 2.49. The molecule has 0 spiro atoms. The van der Waals surface area contributed by atoms with Gasteiger partial charge in [-0.05, 0) is 42.8 Å². The first-order valence-corrected chi connectivity index (χ1v) is 6.67. The maximum absolute atomic E-state index is 13.5. The summed E-state index contributed by atoms with van der Waals surface area (Å²) < 4.78 is 55.0. The maximum atomic E-state index is 13.5. The molecule has 1 amide bonds. The van der Waals surface area contributed by atoms with Crippen molar-refractivity contribution in [1.82, 2.24) is 5.32 Å². The topological polar surface area (TPSA) is 38.3 Å². The Labute approximate surface area is 129 Å². The smallest absolute Gasteiger partial charge is 0.387 e. The van der Waals surface area contributed by atoms with Crippen molar-refractivity contribution in [3.05, 3.63) is 65.2 Å². The molecule has 3 nitrogen and oxygen atoms in total. The van der Waals surface area contributed by atoms with Gasteiger partial charge < -0.3 is 10.1 Å². The molecule has 0 saturated carbocycles. The first-order valence-electron chi connectivity index (χ1n) is 6.67. The number of nitrogens with one attached hydrogen (secondary N) is 1. The van der Waals surface area contributed by atoms with E-state index in [9.17, 15) is 22.4 Å². The van der Waals surface area contributed by atoms with Gasteiger partial charge in [0.1, 0.15) is 17.4 Å². The fraction of sp³-hybridized carbons (Fsp3) is 0.188. The lowest BCUT2D eigenvalue weighted by Crippen LogP contribution is -2.27. The Balaban J connectivity index is 2.07. The Morgan fingerprint density at radius 3 is 2.35 bits per heavy atom. The quantitative estimate of drug-likeness (QED) is 0.841. The van der Waals surface area contributed by atoms with E-state index in [-0.39, 0.29) is 5.75 Å². The van der Waals surface area contributed by atoms with Crippen LogP contribution < -0.4 is 10.1 Å². The zero-order valence-corrected chi connectivity index (χ0v) is 12.0. The van der Waals surface area contributed by atoms with Gasteiger partial charge in [-0.2, -0.15) is 8.78 Å². The highest BCUT2D eigenvalue weighted by atomic mass is 19.3. The SMILES string of the molecule is CC(NC(=O)c1cc(F)ccc1F)c1ccc(OC(F)F)cc1. The van der Waals surface area contributed by atoms with Crippen LogP contribution in [0, 0.1) is 11.6 Å². The third kappa shape index (κ3) is 4.45. The van der Waals surface area contributed by atoms with Crippen LogP contribution in [-0.4, -0.2) is 12.5 Å². The van der Waals surface area contributed by atoms with E-state index < -0.39 is 35.8 Å². The lowest BCUT2D eigenvalue weighted by molar-refractivity contribution is -0.0498. The molecule has 7 heteroatoms. The molecule has 0 aliphatic carbocycles. The predicted molar refractivity (Wildman–Crippen MR) is 75.3 cm³/mol. The van der Waals surface area contributed by atoms with Crippen LogP contribution >= 0.6 is 0 Å². The minimum Gasteiger partial charge on any atom is -0.435 e. The van der Waals surface area contributed by atoms with E-state index in [2.05, 4.69) is 10.1 Å². The van der Waals surface area contributed by atoms with Gasteiger partial charge in [0, 0.05) is 0 Å². The average molecular weight is 327 g/mol. The van der Waals surface area contributed by atoms with Crippen LogP contribution in [0.15, 0.2) is 42.5 Å². The minimum atomic E-state index is -2.92. The molecule has 0 saturated heterocycles. The summed E-state index contributed by atoms with van der Waals surface area (Å²) in [7, 11) is 0. The van der Waals surface area contributed by atoms with Crippen molar-refractivity contribution >= 4 is 5.91 Å². The fourth-order valence-electron chi connectivity index (χ4n) is 1.97. The summed E-state index contributed by atoms with van der Waals surface area (Å²) >= 11 is 0. The molecule has 1 unspecified atom stereocenters. The monoisotopic (exact) mass is 327 g/mol. The Hall–Kier alpha value is -2.57. The van der Waals surface area contributed by atoms with Crippen molar-refractivity contribution in [2.75, 3.05) is 0 Å². The van der Waals surface area contributed by atoms with Crippen LogP contribution in [-0.2, 0) is 0 Å². The van der Waals surface area contributed by atoms with Gasteiger partial charge in [-0.3, -0.25) is 4.79 Å². The number of amides is 1. The van der Waals surface area contributed by atoms with Crippen molar-refractivity contribution in [2.45, 2.75) is 19.6 Å². The van der Waals surface area contributed by atoms with Crippen LogP contribution in [0.1, 0.15) is 28.9 Å². The predicted octanol–water partition coefficient (Wildman–Crippen LogP) is 4.06. The molecular weight excluding hydrogens is 314 g/mol. The summed E-state index contributed by atoms with van der Waals surface area (Å²) in [5.74, 6) is -2.35.